The molecule has 0 aliphatic heterocycles. The number of rotatable bonds is 1. The first kappa shape index (κ1) is 10.2. The number of nitrogens with two attached hydrogens (primary N) is 1. The minimum Gasteiger partial charge on any atom is -0.384 e. The number of hydrogen-bond donors (Lipinski definition) is 1. The van der Waals surface area contributed by atoms with Gasteiger partial charge in [0.1, 0.15) is 5.82 Å². The molecule has 2 aromatic rings. The molecule has 0 radical (unpaired) electrons. The summed E-state index contributed by atoms with van der Waals surface area (Å²) in [6.07, 6.45) is 0. The van der Waals surface area contributed by atoms with E-state index >= 15 is 0 Å². The highest BCUT2D eigenvalue weighted by atomic mass is 79.9. The number of hydrogen-bond acceptors (Lipinski definition) is 2. The van der Waals surface area contributed by atoms with Gasteiger partial charge in [-0.3, -0.25) is 0 Å². The predicted octanol–water partition coefficient (Wildman–Crippen LogP) is 2.83. The minimum atomic E-state index is 0.665. The molecule has 1 aromatic heterocycles. The fraction of sp³-hybridized carbons (Fsp3) is 0.182. The average molecular weight is 266 g/mol. The lowest BCUT2D eigenvalue weighted by atomic mass is 10.2. The highest BCUT2D eigenvalue weighted by Gasteiger charge is 2.06. The zero-order chi connectivity index (χ0) is 11.0. The lowest BCUT2D eigenvalue weighted by Crippen LogP contribution is -2.03. The SMILES string of the molecule is Cc1cc(N)n(-c2ccc(Br)cc2C)n1. The Labute approximate surface area is 97.0 Å². The van der Waals surface area contributed by atoms with Crippen molar-refractivity contribution in [1.82, 2.24) is 9.78 Å². The van der Waals surface area contributed by atoms with Crippen LogP contribution in [0.2, 0.25) is 0 Å². The number of aromatic nitrogens is 2. The summed E-state index contributed by atoms with van der Waals surface area (Å²) in [5, 5.41) is 4.35. The van der Waals surface area contributed by atoms with Gasteiger partial charge in [-0.25, -0.2) is 4.68 Å². The van der Waals surface area contributed by atoms with E-state index in [-0.39, 0.29) is 0 Å². The minimum absolute atomic E-state index is 0.665. The Morgan fingerprint density at radius 2 is 2.00 bits per heavy atom. The number of halogens is 1. The Morgan fingerprint density at radius 3 is 2.53 bits per heavy atom. The van der Waals surface area contributed by atoms with E-state index in [1.54, 1.807) is 4.68 Å². The topological polar surface area (TPSA) is 43.8 Å². The molecule has 0 bridgehead atoms. The summed E-state index contributed by atoms with van der Waals surface area (Å²) < 4.78 is 2.82. The van der Waals surface area contributed by atoms with Crippen molar-refractivity contribution in [1.29, 1.82) is 0 Å². The Balaban J connectivity index is 2.59. The molecule has 2 rings (SSSR count). The summed E-state index contributed by atoms with van der Waals surface area (Å²) in [6.45, 7) is 3.97. The molecule has 0 saturated heterocycles. The molecule has 4 heteroatoms. The molecule has 1 aromatic carbocycles. The van der Waals surface area contributed by atoms with Crippen molar-refractivity contribution < 1.29 is 0 Å². The molecule has 1 heterocycles. The van der Waals surface area contributed by atoms with Crippen molar-refractivity contribution in [2.75, 3.05) is 5.73 Å². The fourth-order valence-electron chi connectivity index (χ4n) is 1.57. The quantitative estimate of drug-likeness (QED) is 0.862. The van der Waals surface area contributed by atoms with Crippen molar-refractivity contribution in [2.45, 2.75) is 13.8 Å². The first-order valence-electron chi connectivity index (χ1n) is 4.66. The molecule has 2 N–H and O–H groups in total. The summed E-state index contributed by atoms with van der Waals surface area (Å²) in [7, 11) is 0. The summed E-state index contributed by atoms with van der Waals surface area (Å²) in [5.74, 6) is 0.665. The molecule has 78 valence electrons. The Hall–Kier alpha value is -1.29. The second kappa shape index (κ2) is 3.70. The monoisotopic (exact) mass is 265 g/mol. The van der Waals surface area contributed by atoms with Crippen LogP contribution < -0.4 is 5.73 Å². The predicted molar refractivity (Wildman–Crippen MR) is 65.2 cm³/mol. The van der Waals surface area contributed by atoms with Crippen LogP contribution in [0.5, 0.6) is 0 Å². The maximum absolute atomic E-state index is 5.87. The second-order valence-corrected chi connectivity index (χ2v) is 4.47. The number of nitrogens with zero attached hydrogens (tertiary/aromatic N) is 2. The molecule has 0 saturated carbocycles. The molecule has 15 heavy (non-hydrogen) atoms. The molecular weight excluding hydrogens is 254 g/mol. The molecule has 0 aliphatic carbocycles. The van der Waals surface area contributed by atoms with Crippen LogP contribution in [0.1, 0.15) is 11.3 Å². The molecule has 0 atom stereocenters. The van der Waals surface area contributed by atoms with Crippen LogP contribution in [-0.4, -0.2) is 9.78 Å². The molecular formula is C11H12BrN3. The van der Waals surface area contributed by atoms with Crippen LogP contribution in [0.3, 0.4) is 0 Å². The van der Waals surface area contributed by atoms with Gasteiger partial charge in [0.25, 0.3) is 0 Å². The highest BCUT2D eigenvalue weighted by Crippen LogP contribution is 2.21. The maximum Gasteiger partial charge on any atom is 0.127 e. The van der Waals surface area contributed by atoms with Gasteiger partial charge in [-0.2, -0.15) is 5.10 Å². The van der Waals surface area contributed by atoms with Gasteiger partial charge in [0, 0.05) is 10.5 Å². The van der Waals surface area contributed by atoms with Crippen LogP contribution in [0.4, 0.5) is 5.82 Å². The summed E-state index contributed by atoms with van der Waals surface area (Å²) >= 11 is 3.43. The maximum atomic E-state index is 5.87. The number of benzene rings is 1. The fourth-order valence-corrected chi connectivity index (χ4v) is 2.04. The van der Waals surface area contributed by atoms with Crippen molar-refractivity contribution in [3.63, 3.8) is 0 Å². The number of anilines is 1. The summed E-state index contributed by atoms with van der Waals surface area (Å²) in [5.41, 5.74) is 8.95. The van der Waals surface area contributed by atoms with Crippen LogP contribution >= 0.6 is 15.9 Å². The van der Waals surface area contributed by atoms with E-state index in [0.717, 1.165) is 21.4 Å². The van der Waals surface area contributed by atoms with Crippen molar-refractivity contribution in [3.05, 3.63) is 40.0 Å². The van der Waals surface area contributed by atoms with E-state index in [0.29, 0.717) is 5.82 Å². The third-order valence-corrected chi connectivity index (χ3v) is 2.74. The lowest BCUT2D eigenvalue weighted by molar-refractivity contribution is 0.865. The lowest BCUT2D eigenvalue weighted by Gasteiger charge is -2.07. The van der Waals surface area contributed by atoms with Gasteiger partial charge in [-0.15, -0.1) is 0 Å². The standard InChI is InChI=1S/C11H12BrN3/c1-7-5-9(12)3-4-10(7)15-11(13)6-8(2)14-15/h3-6H,13H2,1-2H3. The first-order valence-corrected chi connectivity index (χ1v) is 5.46. The smallest absolute Gasteiger partial charge is 0.127 e. The van der Waals surface area contributed by atoms with Gasteiger partial charge in [0.2, 0.25) is 0 Å². The second-order valence-electron chi connectivity index (χ2n) is 3.55. The normalized spacial score (nSPS) is 10.6. The zero-order valence-electron chi connectivity index (χ0n) is 8.66. The van der Waals surface area contributed by atoms with E-state index in [9.17, 15) is 0 Å². The van der Waals surface area contributed by atoms with Gasteiger partial charge in [0.15, 0.2) is 0 Å². The van der Waals surface area contributed by atoms with Crippen LogP contribution in [0.15, 0.2) is 28.7 Å². The van der Waals surface area contributed by atoms with Gasteiger partial charge < -0.3 is 5.73 Å². The Bertz CT molecular complexity index is 503. The van der Waals surface area contributed by atoms with Gasteiger partial charge in [0.05, 0.1) is 11.4 Å². The Kier molecular flexibility index (Phi) is 2.52. The third-order valence-electron chi connectivity index (χ3n) is 2.25. The number of nitrogen functional groups attached to an aromatic ring is 1. The number of aryl methyl sites for hydroxylation is 2. The van der Waals surface area contributed by atoms with Crippen molar-refractivity contribution in [3.8, 4) is 5.69 Å². The van der Waals surface area contributed by atoms with Gasteiger partial charge >= 0.3 is 0 Å². The zero-order valence-corrected chi connectivity index (χ0v) is 10.2. The van der Waals surface area contributed by atoms with E-state index in [1.807, 2.05) is 38.1 Å². The molecule has 0 amide bonds. The molecule has 0 fully saturated rings. The molecule has 3 nitrogen and oxygen atoms in total. The van der Waals surface area contributed by atoms with Crippen LogP contribution in [0.25, 0.3) is 5.69 Å². The molecule has 0 unspecified atom stereocenters. The van der Waals surface area contributed by atoms with E-state index in [1.165, 1.54) is 0 Å². The highest BCUT2D eigenvalue weighted by molar-refractivity contribution is 9.10. The summed E-state index contributed by atoms with van der Waals surface area (Å²) in [4.78, 5) is 0. The Morgan fingerprint density at radius 1 is 1.27 bits per heavy atom. The molecule has 0 spiro atoms. The molecule has 0 aliphatic rings. The van der Waals surface area contributed by atoms with Gasteiger partial charge in [-0.1, -0.05) is 15.9 Å². The largest absolute Gasteiger partial charge is 0.384 e. The van der Waals surface area contributed by atoms with Crippen molar-refractivity contribution in [2.24, 2.45) is 0 Å². The third kappa shape index (κ3) is 1.90. The average Bonchev–Trinajstić information content (AvgIpc) is 2.45. The first-order chi connectivity index (χ1) is 7.08. The van der Waals surface area contributed by atoms with E-state index in [2.05, 4.69) is 21.0 Å². The van der Waals surface area contributed by atoms with Gasteiger partial charge in [-0.05, 0) is 37.6 Å². The van der Waals surface area contributed by atoms with E-state index in [4.69, 9.17) is 5.73 Å². The summed E-state index contributed by atoms with van der Waals surface area (Å²) in [6, 6.07) is 7.90. The van der Waals surface area contributed by atoms with Crippen LogP contribution in [-0.2, 0) is 0 Å². The van der Waals surface area contributed by atoms with E-state index < -0.39 is 0 Å². The van der Waals surface area contributed by atoms with Crippen LogP contribution in [0, 0.1) is 13.8 Å². The van der Waals surface area contributed by atoms with Crippen molar-refractivity contribution >= 4 is 21.7 Å².